The molecule has 0 amide bonds. The molecule has 0 N–H and O–H groups in total. The predicted molar refractivity (Wildman–Crippen MR) is 136 cm³/mol. The molecule has 36 heavy (non-hydrogen) atoms. The highest BCUT2D eigenvalue weighted by atomic mass is 16.5. The van der Waals surface area contributed by atoms with E-state index < -0.39 is 17.9 Å². The van der Waals surface area contributed by atoms with Gasteiger partial charge in [0, 0.05) is 29.7 Å². The van der Waals surface area contributed by atoms with Crippen molar-refractivity contribution in [3.8, 4) is 45.3 Å². The molecule has 0 unspecified atom stereocenters. The molecule has 184 valence electrons. The van der Waals surface area contributed by atoms with E-state index in [-0.39, 0.29) is 17.9 Å². The lowest BCUT2D eigenvalue weighted by molar-refractivity contribution is -0.134. The van der Waals surface area contributed by atoms with Gasteiger partial charge in [0.05, 0.1) is 7.11 Å². The van der Waals surface area contributed by atoms with Gasteiger partial charge in [-0.15, -0.1) is 0 Å². The average molecular weight is 487 g/mol. The highest BCUT2D eigenvalue weighted by Crippen LogP contribution is 2.42. The van der Waals surface area contributed by atoms with Crippen molar-refractivity contribution in [1.29, 1.82) is 0 Å². The fourth-order valence-electron chi connectivity index (χ4n) is 3.28. The second kappa shape index (κ2) is 12.2. The standard InChI is InChI=1S/C29H26O7/c1-5-8-29(32)36-26-18-23(20-11-15-22(16-12-20)34-27(30)6-2)25(35-28(31)7-3)17-24(26)19-9-13-21(33-4)14-10-19/h5-6,8-18H,2,7H2,1,3-4H3/b8-5+. The van der Waals surface area contributed by atoms with E-state index in [1.165, 1.54) is 6.08 Å². The lowest BCUT2D eigenvalue weighted by Crippen LogP contribution is -2.09. The van der Waals surface area contributed by atoms with Crippen LogP contribution in [0.1, 0.15) is 20.3 Å². The van der Waals surface area contributed by atoms with Gasteiger partial charge in [0.25, 0.3) is 0 Å². The lowest BCUT2D eigenvalue weighted by Gasteiger charge is -2.17. The van der Waals surface area contributed by atoms with Crippen molar-refractivity contribution in [3.05, 3.63) is 85.5 Å². The van der Waals surface area contributed by atoms with Gasteiger partial charge in [0.15, 0.2) is 0 Å². The Morgan fingerprint density at radius 3 is 1.78 bits per heavy atom. The quantitative estimate of drug-likeness (QED) is 0.211. The van der Waals surface area contributed by atoms with Crippen LogP contribution in [0, 0.1) is 0 Å². The van der Waals surface area contributed by atoms with Gasteiger partial charge in [0.2, 0.25) is 0 Å². The van der Waals surface area contributed by atoms with Crippen molar-refractivity contribution in [3.63, 3.8) is 0 Å². The minimum Gasteiger partial charge on any atom is -0.497 e. The fraction of sp³-hybridized carbons (Fsp3) is 0.138. The van der Waals surface area contributed by atoms with Crippen molar-refractivity contribution >= 4 is 17.9 Å². The molecule has 3 rings (SSSR count). The molecule has 0 aliphatic carbocycles. The normalized spacial score (nSPS) is 10.5. The van der Waals surface area contributed by atoms with Crippen molar-refractivity contribution in [2.45, 2.75) is 20.3 Å². The van der Waals surface area contributed by atoms with Gasteiger partial charge in [-0.05, 0) is 54.4 Å². The summed E-state index contributed by atoms with van der Waals surface area (Å²) in [7, 11) is 1.57. The number of carbonyl (C=O) groups is 3. The third-order valence-corrected chi connectivity index (χ3v) is 5.06. The van der Waals surface area contributed by atoms with E-state index >= 15 is 0 Å². The molecule has 7 heteroatoms. The van der Waals surface area contributed by atoms with Gasteiger partial charge in [-0.1, -0.05) is 43.8 Å². The minimum absolute atomic E-state index is 0.172. The maximum Gasteiger partial charge on any atom is 0.335 e. The predicted octanol–water partition coefficient (Wildman–Crippen LogP) is 5.92. The fourth-order valence-corrected chi connectivity index (χ4v) is 3.28. The second-order valence-corrected chi connectivity index (χ2v) is 7.47. The van der Waals surface area contributed by atoms with Crippen LogP contribution in [0.25, 0.3) is 22.3 Å². The number of benzene rings is 3. The van der Waals surface area contributed by atoms with Crippen molar-refractivity contribution in [1.82, 2.24) is 0 Å². The molecule has 0 atom stereocenters. The number of ether oxygens (including phenoxy) is 4. The Hall–Kier alpha value is -4.65. The Bertz CT molecular complexity index is 1290. The molecule has 3 aromatic carbocycles. The van der Waals surface area contributed by atoms with Crippen LogP contribution in [0.2, 0.25) is 0 Å². The summed E-state index contributed by atoms with van der Waals surface area (Å²) < 4.78 is 21.7. The topological polar surface area (TPSA) is 88.1 Å². The summed E-state index contributed by atoms with van der Waals surface area (Å²) in [5.74, 6) is -0.00762. The zero-order valence-electron chi connectivity index (χ0n) is 20.3. The smallest absolute Gasteiger partial charge is 0.335 e. The molecule has 0 heterocycles. The Balaban J connectivity index is 2.17. The Morgan fingerprint density at radius 1 is 0.778 bits per heavy atom. The van der Waals surface area contributed by atoms with Gasteiger partial charge in [-0.3, -0.25) is 4.79 Å². The Morgan fingerprint density at radius 2 is 1.31 bits per heavy atom. The van der Waals surface area contributed by atoms with E-state index in [0.717, 1.165) is 11.6 Å². The molecular formula is C29H26O7. The zero-order chi connectivity index (χ0) is 26.1. The van der Waals surface area contributed by atoms with Crippen LogP contribution in [0.3, 0.4) is 0 Å². The number of esters is 3. The van der Waals surface area contributed by atoms with Crippen LogP contribution < -0.4 is 18.9 Å². The lowest BCUT2D eigenvalue weighted by atomic mass is 9.97. The molecule has 3 aromatic rings. The van der Waals surface area contributed by atoms with Gasteiger partial charge < -0.3 is 18.9 Å². The summed E-state index contributed by atoms with van der Waals surface area (Å²) >= 11 is 0. The molecule has 0 aliphatic heterocycles. The number of hydrogen-bond donors (Lipinski definition) is 0. The number of allylic oxidation sites excluding steroid dienone is 1. The van der Waals surface area contributed by atoms with Crippen LogP contribution in [0.4, 0.5) is 0 Å². The zero-order valence-corrected chi connectivity index (χ0v) is 20.3. The summed E-state index contributed by atoms with van der Waals surface area (Å²) in [4.78, 5) is 36.1. The minimum atomic E-state index is -0.581. The number of carbonyl (C=O) groups excluding carboxylic acids is 3. The van der Waals surface area contributed by atoms with E-state index in [1.807, 2.05) is 12.1 Å². The average Bonchev–Trinajstić information content (AvgIpc) is 2.89. The Kier molecular flexibility index (Phi) is 8.78. The molecule has 0 aromatic heterocycles. The molecule has 0 aliphatic rings. The third kappa shape index (κ3) is 6.48. The maximum absolute atomic E-state index is 12.4. The van der Waals surface area contributed by atoms with E-state index in [0.29, 0.717) is 28.2 Å². The first kappa shape index (κ1) is 26.0. The van der Waals surface area contributed by atoms with Gasteiger partial charge in [-0.2, -0.15) is 0 Å². The highest BCUT2D eigenvalue weighted by molar-refractivity contribution is 5.89. The van der Waals surface area contributed by atoms with Crippen LogP contribution in [-0.4, -0.2) is 25.0 Å². The number of methoxy groups -OCH3 is 1. The van der Waals surface area contributed by atoms with Crippen LogP contribution in [0.15, 0.2) is 85.5 Å². The summed E-state index contributed by atoms with van der Waals surface area (Å²) in [5.41, 5.74) is 2.44. The van der Waals surface area contributed by atoms with Crippen LogP contribution >= 0.6 is 0 Å². The maximum atomic E-state index is 12.4. The van der Waals surface area contributed by atoms with E-state index in [1.54, 1.807) is 75.6 Å². The first-order valence-electron chi connectivity index (χ1n) is 11.2. The van der Waals surface area contributed by atoms with E-state index in [2.05, 4.69) is 6.58 Å². The van der Waals surface area contributed by atoms with Gasteiger partial charge in [0.1, 0.15) is 23.0 Å². The molecule has 0 fully saturated rings. The monoisotopic (exact) mass is 486 g/mol. The van der Waals surface area contributed by atoms with Gasteiger partial charge >= 0.3 is 17.9 Å². The van der Waals surface area contributed by atoms with Crippen LogP contribution in [-0.2, 0) is 14.4 Å². The number of hydrogen-bond acceptors (Lipinski definition) is 7. The molecule has 0 saturated carbocycles. The summed E-state index contributed by atoms with van der Waals surface area (Å²) in [6, 6.07) is 17.1. The van der Waals surface area contributed by atoms with Gasteiger partial charge in [-0.25, -0.2) is 9.59 Å². The molecule has 7 nitrogen and oxygen atoms in total. The Labute approximate surface area is 209 Å². The highest BCUT2D eigenvalue weighted by Gasteiger charge is 2.19. The number of rotatable bonds is 9. The third-order valence-electron chi connectivity index (χ3n) is 5.06. The molecule has 0 saturated heterocycles. The first-order chi connectivity index (χ1) is 17.4. The SMILES string of the molecule is C=CC(=O)Oc1ccc(-c2cc(OC(=O)/C=C/C)c(-c3ccc(OC)cc3)cc2OC(=O)CC)cc1. The summed E-state index contributed by atoms with van der Waals surface area (Å²) in [5, 5.41) is 0. The van der Waals surface area contributed by atoms with E-state index in [9.17, 15) is 14.4 Å². The summed E-state index contributed by atoms with van der Waals surface area (Å²) in [6.45, 7) is 6.79. The van der Waals surface area contributed by atoms with Crippen molar-refractivity contribution in [2.75, 3.05) is 7.11 Å². The van der Waals surface area contributed by atoms with Crippen LogP contribution in [0.5, 0.6) is 23.0 Å². The summed E-state index contributed by atoms with van der Waals surface area (Å²) in [6.07, 6.45) is 4.13. The molecule has 0 bridgehead atoms. The van der Waals surface area contributed by atoms with Crippen molar-refractivity contribution < 1.29 is 33.3 Å². The first-order valence-corrected chi connectivity index (χ1v) is 11.2. The molecular weight excluding hydrogens is 460 g/mol. The molecule has 0 spiro atoms. The van der Waals surface area contributed by atoms with Crippen molar-refractivity contribution in [2.24, 2.45) is 0 Å². The van der Waals surface area contributed by atoms with E-state index in [4.69, 9.17) is 18.9 Å². The second-order valence-electron chi connectivity index (χ2n) is 7.47. The molecule has 0 radical (unpaired) electrons. The largest absolute Gasteiger partial charge is 0.497 e.